The van der Waals surface area contributed by atoms with Gasteiger partial charge in [-0.3, -0.25) is 4.79 Å². The standard InChI is InChI=1S/C25H25ClFN3O2/c1-15-5-3-4-6-19(15)20-11-17(27)12-21(24(20)26)22-9-7-16(25(30-22)32-2)13-28-14-18-8-10-23(31)29-18/h3-7,9,11-12,18,28H,8,10,13-14H2,1-2H3,(H,29,31)/t18-/m0/s1. The van der Waals surface area contributed by atoms with E-state index < -0.39 is 0 Å². The van der Waals surface area contributed by atoms with Gasteiger partial charge in [0.05, 0.1) is 17.8 Å². The second kappa shape index (κ2) is 9.67. The number of pyridine rings is 1. The molecule has 0 bridgehead atoms. The Balaban J connectivity index is 1.60. The zero-order chi connectivity index (χ0) is 22.7. The van der Waals surface area contributed by atoms with Gasteiger partial charge in [-0.25, -0.2) is 9.37 Å². The molecule has 2 N–H and O–H groups in total. The van der Waals surface area contributed by atoms with E-state index in [-0.39, 0.29) is 17.8 Å². The van der Waals surface area contributed by atoms with Crippen molar-refractivity contribution >= 4 is 17.5 Å². The zero-order valence-electron chi connectivity index (χ0n) is 18.0. The topological polar surface area (TPSA) is 63.2 Å². The van der Waals surface area contributed by atoms with Crippen LogP contribution in [0, 0.1) is 12.7 Å². The normalized spacial score (nSPS) is 15.6. The van der Waals surface area contributed by atoms with Crippen LogP contribution in [0.3, 0.4) is 0 Å². The SMILES string of the molecule is COc1nc(-c2cc(F)cc(-c3ccccc3C)c2Cl)ccc1CNC[C@@H]1CCC(=O)N1. The number of benzene rings is 2. The number of aryl methyl sites for hydroxylation is 1. The number of methoxy groups -OCH3 is 1. The molecule has 1 aliphatic heterocycles. The van der Waals surface area contributed by atoms with Crippen molar-refractivity contribution in [3.05, 3.63) is 70.5 Å². The van der Waals surface area contributed by atoms with Gasteiger partial charge in [0.1, 0.15) is 5.82 Å². The molecule has 5 nitrogen and oxygen atoms in total. The predicted molar refractivity (Wildman–Crippen MR) is 124 cm³/mol. The number of carbonyl (C=O) groups excluding carboxylic acids is 1. The lowest BCUT2D eigenvalue weighted by molar-refractivity contribution is -0.119. The number of halogens is 2. The lowest BCUT2D eigenvalue weighted by Crippen LogP contribution is -2.35. The fourth-order valence-electron chi connectivity index (χ4n) is 3.99. The quantitative estimate of drug-likeness (QED) is 0.534. The minimum Gasteiger partial charge on any atom is -0.481 e. The van der Waals surface area contributed by atoms with Crippen LogP contribution >= 0.6 is 11.6 Å². The molecule has 166 valence electrons. The van der Waals surface area contributed by atoms with Crippen molar-refractivity contribution in [1.82, 2.24) is 15.6 Å². The largest absolute Gasteiger partial charge is 0.481 e. The van der Waals surface area contributed by atoms with E-state index in [2.05, 4.69) is 15.6 Å². The molecule has 1 aliphatic rings. The second-order valence-electron chi connectivity index (χ2n) is 7.93. The summed E-state index contributed by atoms with van der Waals surface area (Å²) in [7, 11) is 1.55. The molecule has 4 rings (SSSR count). The summed E-state index contributed by atoms with van der Waals surface area (Å²) in [5, 5.41) is 6.71. The van der Waals surface area contributed by atoms with Crippen LogP contribution in [0.2, 0.25) is 5.02 Å². The Hall–Kier alpha value is -2.96. The summed E-state index contributed by atoms with van der Waals surface area (Å²) in [6.45, 7) is 3.18. The Kier molecular flexibility index (Phi) is 6.72. The summed E-state index contributed by atoms with van der Waals surface area (Å²) in [4.78, 5) is 15.9. The third kappa shape index (κ3) is 4.76. The van der Waals surface area contributed by atoms with Crippen molar-refractivity contribution in [3.8, 4) is 28.3 Å². The van der Waals surface area contributed by atoms with Gasteiger partial charge in [0.25, 0.3) is 0 Å². The number of nitrogens with one attached hydrogen (secondary N) is 2. The van der Waals surface area contributed by atoms with E-state index in [1.165, 1.54) is 12.1 Å². The van der Waals surface area contributed by atoms with E-state index in [0.29, 0.717) is 47.2 Å². The first-order valence-electron chi connectivity index (χ1n) is 10.6. The van der Waals surface area contributed by atoms with E-state index in [1.54, 1.807) is 7.11 Å². The lowest BCUT2D eigenvalue weighted by Gasteiger charge is -2.15. The first-order valence-corrected chi connectivity index (χ1v) is 10.9. The molecule has 1 atom stereocenters. The number of hydrogen-bond donors (Lipinski definition) is 2. The molecule has 1 saturated heterocycles. The molecular weight excluding hydrogens is 429 g/mol. The molecule has 0 aliphatic carbocycles. The zero-order valence-corrected chi connectivity index (χ0v) is 18.8. The highest BCUT2D eigenvalue weighted by molar-refractivity contribution is 6.36. The Morgan fingerprint density at radius 1 is 1.19 bits per heavy atom. The highest BCUT2D eigenvalue weighted by Crippen LogP contribution is 2.38. The van der Waals surface area contributed by atoms with Gasteiger partial charge in [-0.1, -0.05) is 41.9 Å². The Morgan fingerprint density at radius 2 is 1.97 bits per heavy atom. The molecule has 7 heteroatoms. The maximum absolute atomic E-state index is 14.6. The lowest BCUT2D eigenvalue weighted by atomic mass is 9.97. The van der Waals surface area contributed by atoms with Gasteiger partial charge in [0, 0.05) is 42.2 Å². The van der Waals surface area contributed by atoms with Crippen LogP contribution < -0.4 is 15.4 Å². The first-order chi connectivity index (χ1) is 15.5. The molecule has 2 heterocycles. The van der Waals surface area contributed by atoms with E-state index in [4.69, 9.17) is 16.3 Å². The molecule has 0 saturated carbocycles. The number of amides is 1. The fourth-order valence-corrected chi connectivity index (χ4v) is 4.30. The average molecular weight is 454 g/mol. The van der Waals surface area contributed by atoms with Crippen LogP contribution in [-0.2, 0) is 11.3 Å². The first kappa shape index (κ1) is 22.2. The van der Waals surface area contributed by atoms with Gasteiger partial charge in [-0.2, -0.15) is 0 Å². The second-order valence-corrected chi connectivity index (χ2v) is 8.31. The summed E-state index contributed by atoms with van der Waals surface area (Å²) in [5.74, 6) is 0.161. The molecule has 3 aromatic rings. The van der Waals surface area contributed by atoms with E-state index >= 15 is 0 Å². The number of hydrogen-bond acceptors (Lipinski definition) is 4. The van der Waals surface area contributed by atoms with Gasteiger partial charge < -0.3 is 15.4 Å². The van der Waals surface area contributed by atoms with Crippen molar-refractivity contribution in [1.29, 1.82) is 0 Å². The summed E-state index contributed by atoms with van der Waals surface area (Å²) < 4.78 is 20.1. The molecule has 0 spiro atoms. The highest BCUT2D eigenvalue weighted by atomic mass is 35.5. The number of ether oxygens (including phenoxy) is 1. The van der Waals surface area contributed by atoms with Crippen LogP contribution in [0.15, 0.2) is 48.5 Å². The van der Waals surface area contributed by atoms with Gasteiger partial charge in [-0.15, -0.1) is 0 Å². The van der Waals surface area contributed by atoms with Crippen molar-refractivity contribution in [2.24, 2.45) is 0 Å². The summed E-state index contributed by atoms with van der Waals surface area (Å²) >= 11 is 6.73. The van der Waals surface area contributed by atoms with Crippen molar-refractivity contribution in [2.75, 3.05) is 13.7 Å². The molecule has 1 amide bonds. The number of rotatable bonds is 7. The molecule has 2 aromatic carbocycles. The van der Waals surface area contributed by atoms with Gasteiger partial charge in [-0.05, 0) is 42.7 Å². The molecule has 0 radical (unpaired) electrons. The van der Waals surface area contributed by atoms with Crippen LogP contribution in [-0.4, -0.2) is 30.6 Å². The minimum absolute atomic E-state index is 0.0948. The molecule has 1 aromatic heterocycles. The van der Waals surface area contributed by atoms with Crippen molar-refractivity contribution < 1.29 is 13.9 Å². The van der Waals surface area contributed by atoms with Crippen LogP contribution in [0.5, 0.6) is 5.88 Å². The van der Waals surface area contributed by atoms with Crippen LogP contribution in [0.25, 0.3) is 22.4 Å². The fraction of sp³-hybridized carbons (Fsp3) is 0.280. The number of carbonyl (C=O) groups is 1. The monoisotopic (exact) mass is 453 g/mol. The van der Waals surface area contributed by atoms with Gasteiger partial charge in [0.15, 0.2) is 0 Å². The van der Waals surface area contributed by atoms with Gasteiger partial charge >= 0.3 is 0 Å². The van der Waals surface area contributed by atoms with E-state index in [9.17, 15) is 9.18 Å². The number of aromatic nitrogens is 1. The molecule has 1 fully saturated rings. The Morgan fingerprint density at radius 3 is 2.69 bits per heavy atom. The summed E-state index contributed by atoms with van der Waals surface area (Å²) in [6, 6.07) is 14.4. The third-order valence-electron chi connectivity index (χ3n) is 5.67. The molecular formula is C25H25ClFN3O2. The van der Waals surface area contributed by atoms with Crippen molar-refractivity contribution in [3.63, 3.8) is 0 Å². The smallest absolute Gasteiger partial charge is 0.220 e. The average Bonchev–Trinajstić information content (AvgIpc) is 3.20. The predicted octanol–water partition coefficient (Wildman–Crippen LogP) is 4.89. The third-order valence-corrected chi connectivity index (χ3v) is 6.08. The minimum atomic E-state index is -0.382. The summed E-state index contributed by atoms with van der Waals surface area (Å²) in [6.07, 6.45) is 1.41. The summed E-state index contributed by atoms with van der Waals surface area (Å²) in [5.41, 5.74) is 4.43. The van der Waals surface area contributed by atoms with E-state index in [0.717, 1.165) is 23.1 Å². The van der Waals surface area contributed by atoms with Gasteiger partial charge in [0.2, 0.25) is 11.8 Å². The maximum Gasteiger partial charge on any atom is 0.220 e. The van der Waals surface area contributed by atoms with Crippen LogP contribution in [0.1, 0.15) is 24.0 Å². The van der Waals surface area contributed by atoms with Crippen molar-refractivity contribution in [2.45, 2.75) is 32.4 Å². The Bertz CT molecular complexity index is 1150. The maximum atomic E-state index is 14.6. The number of nitrogens with zero attached hydrogens (tertiary/aromatic N) is 1. The van der Waals surface area contributed by atoms with E-state index in [1.807, 2.05) is 43.3 Å². The molecule has 0 unspecified atom stereocenters. The Labute approximate surface area is 192 Å². The van der Waals surface area contributed by atoms with Crippen LogP contribution in [0.4, 0.5) is 4.39 Å². The molecule has 32 heavy (non-hydrogen) atoms. The highest BCUT2D eigenvalue weighted by Gasteiger charge is 2.20.